The summed E-state index contributed by atoms with van der Waals surface area (Å²) in [5.74, 6) is 0. The van der Waals surface area contributed by atoms with Crippen LogP contribution in [0.2, 0.25) is 0 Å². The minimum absolute atomic E-state index is 1.16. The highest BCUT2D eigenvalue weighted by Crippen LogP contribution is 2.45. The van der Waals surface area contributed by atoms with Crippen molar-refractivity contribution in [3.63, 3.8) is 0 Å². The topological polar surface area (TPSA) is 14.8 Å². The van der Waals surface area contributed by atoms with Crippen molar-refractivity contribution in [1.29, 1.82) is 0 Å². The summed E-state index contributed by atoms with van der Waals surface area (Å²) in [5.41, 5.74) is 10.8. The highest BCUT2D eigenvalue weighted by atomic mass is 15.0. The summed E-state index contributed by atoms with van der Waals surface area (Å²) in [6.07, 6.45) is 0. The third-order valence-electron chi connectivity index (χ3n) is 12.1. The molecule has 13 aromatic rings. The van der Waals surface area contributed by atoms with E-state index in [1.165, 1.54) is 103 Å². The van der Waals surface area contributed by atoms with Crippen molar-refractivity contribution >= 4 is 97.7 Å². The zero-order chi connectivity index (χ0) is 35.8. The molecule has 3 nitrogen and oxygen atoms in total. The van der Waals surface area contributed by atoms with Gasteiger partial charge in [0.05, 0.1) is 38.8 Å². The highest BCUT2D eigenvalue weighted by Gasteiger charge is 2.23. The molecule has 0 fully saturated rings. The molecule has 0 aliphatic carbocycles. The van der Waals surface area contributed by atoms with Gasteiger partial charge in [0, 0.05) is 49.1 Å². The maximum Gasteiger partial charge on any atom is 0.0568 e. The Kier molecular flexibility index (Phi) is 5.63. The predicted molar refractivity (Wildman–Crippen MR) is 233 cm³/mol. The van der Waals surface area contributed by atoms with Gasteiger partial charge in [-0.1, -0.05) is 133 Å². The van der Waals surface area contributed by atoms with Crippen molar-refractivity contribution in [2.24, 2.45) is 0 Å². The van der Waals surface area contributed by atoms with Crippen molar-refractivity contribution in [2.45, 2.75) is 0 Å². The molecule has 0 saturated heterocycles. The molecular formula is C52H31N3. The number of hydrogen-bond donors (Lipinski definition) is 0. The zero-order valence-corrected chi connectivity index (χ0v) is 29.7. The largest absolute Gasteiger partial charge is 0.309 e. The number of fused-ring (bicyclic) bond motifs is 9. The van der Waals surface area contributed by atoms with Crippen molar-refractivity contribution in [3.05, 3.63) is 188 Å². The number of para-hydroxylation sites is 4. The first kappa shape index (κ1) is 29.1. The van der Waals surface area contributed by atoms with E-state index in [0.29, 0.717) is 0 Å². The lowest BCUT2D eigenvalue weighted by Gasteiger charge is -2.16. The summed E-state index contributed by atoms with van der Waals surface area (Å²) in [6.45, 7) is 0. The summed E-state index contributed by atoms with van der Waals surface area (Å²) < 4.78 is 7.47. The van der Waals surface area contributed by atoms with E-state index in [2.05, 4.69) is 202 Å². The Morgan fingerprint density at radius 2 is 0.618 bits per heavy atom. The van der Waals surface area contributed by atoms with Gasteiger partial charge in [0.25, 0.3) is 0 Å². The van der Waals surface area contributed by atoms with Gasteiger partial charge in [-0.3, -0.25) is 0 Å². The molecule has 0 amide bonds. The van der Waals surface area contributed by atoms with Crippen LogP contribution in [-0.2, 0) is 0 Å². The van der Waals surface area contributed by atoms with E-state index in [0.717, 1.165) is 11.4 Å². The van der Waals surface area contributed by atoms with E-state index in [9.17, 15) is 0 Å². The predicted octanol–water partition coefficient (Wildman–Crippen LogP) is 13.9. The Bertz CT molecular complexity index is 3430. The Balaban J connectivity index is 1.22. The number of nitrogens with zero attached hydrogens (tertiary/aromatic N) is 3. The number of aromatic nitrogens is 3. The van der Waals surface area contributed by atoms with Crippen molar-refractivity contribution in [2.75, 3.05) is 0 Å². The summed E-state index contributed by atoms with van der Waals surface area (Å²) in [5, 5.41) is 15.1. The molecule has 3 heterocycles. The molecule has 254 valence electrons. The fourth-order valence-electron chi connectivity index (χ4n) is 9.88. The number of rotatable bonds is 3. The average Bonchev–Trinajstić information content (AvgIpc) is 3.88. The van der Waals surface area contributed by atoms with Crippen LogP contribution in [0.3, 0.4) is 0 Å². The van der Waals surface area contributed by atoms with Crippen molar-refractivity contribution in [1.82, 2.24) is 13.7 Å². The van der Waals surface area contributed by atoms with Gasteiger partial charge in [-0.05, 0) is 81.5 Å². The monoisotopic (exact) mass is 697 g/mol. The molecule has 3 heteroatoms. The highest BCUT2D eigenvalue weighted by molar-refractivity contribution is 6.26. The van der Waals surface area contributed by atoms with Crippen molar-refractivity contribution in [3.8, 4) is 17.1 Å². The van der Waals surface area contributed by atoms with Gasteiger partial charge in [0.2, 0.25) is 0 Å². The number of benzene rings is 10. The van der Waals surface area contributed by atoms with Gasteiger partial charge in [-0.2, -0.15) is 0 Å². The minimum Gasteiger partial charge on any atom is -0.309 e. The van der Waals surface area contributed by atoms with E-state index in [-0.39, 0.29) is 0 Å². The van der Waals surface area contributed by atoms with Gasteiger partial charge < -0.3 is 13.7 Å². The van der Waals surface area contributed by atoms with E-state index in [1.807, 2.05) is 0 Å². The molecule has 0 saturated carbocycles. The third-order valence-corrected chi connectivity index (χ3v) is 12.1. The molecule has 0 aliphatic rings. The Morgan fingerprint density at radius 3 is 1.09 bits per heavy atom. The fraction of sp³-hybridized carbons (Fsp3) is 0. The average molecular weight is 698 g/mol. The smallest absolute Gasteiger partial charge is 0.0568 e. The van der Waals surface area contributed by atoms with Crippen LogP contribution in [0.4, 0.5) is 0 Å². The van der Waals surface area contributed by atoms with Gasteiger partial charge in [0.1, 0.15) is 0 Å². The van der Waals surface area contributed by atoms with E-state index in [1.54, 1.807) is 0 Å². The first-order chi connectivity index (χ1) is 27.3. The molecule has 0 bridgehead atoms. The minimum atomic E-state index is 1.16. The lowest BCUT2D eigenvalue weighted by molar-refractivity contribution is 1.16. The summed E-state index contributed by atoms with van der Waals surface area (Å²) in [6, 6.07) is 69.7. The summed E-state index contributed by atoms with van der Waals surface area (Å²) >= 11 is 0. The first-order valence-electron chi connectivity index (χ1n) is 19.0. The molecule has 0 radical (unpaired) electrons. The third kappa shape index (κ3) is 3.84. The molecule has 10 aromatic carbocycles. The van der Waals surface area contributed by atoms with Gasteiger partial charge >= 0.3 is 0 Å². The molecule has 55 heavy (non-hydrogen) atoms. The van der Waals surface area contributed by atoms with Crippen molar-refractivity contribution < 1.29 is 0 Å². The van der Waals surface area contributed by atoms with Crippen LogP contribution in [0.1, 0.15) is 0 Å². The molecule has 3 aromatic heterocycles. The second kappa shape index (κ2) is 10.6. The Morgan fingerprint density at radius 1 is 0.236 bits per heavy atom. The molecule has 0 aliphatic heterocycles. The fourth-order valence-corrected chi connectivity index (χ4v) is 9.88. The summed E-state index contributed by atoms with van der Waals surface area (Å²) in [4.78, 5) is 0. The maximum atomic E-state index is 2.56. The van der Waals surface area contributed by atoms with Gasteiger partial charge in [-0.25, -0.2) is 0 Å². The second-order valence-corrected chi connectivity index (χ2v) is 14.9. The van der Waals surface area contributed by atoms with Crippen LogP contribution in [0, 0.1) is 0 Å². The summed E-state index contributed by atoms with van der Waals surface area (Å²) in [7, 11) is 0. The van der Waals surface area contributed by atoms with Crippen LogP contribution >= 0.6 is 0 Å². The van der Waals surface area contributed by atoms with Crippen LogP contribution in [-0.4, -0.2) is 13.7 Å². The molecule has 0 spiro atoms. The molecule has 13 rings (SSSR count). The van der Waals surface area contributed by atoms with Crippen LogP contribution < -0.4 is 0 Å². The quantitative estimate of drug-likeness (QED) is 0.163. The lowest BCUT2D eigenvalue weighted by atomic mass is 10.00. The van der Waals surface area contributed by atoms with Crippen LogP contribution in [0.5, 0.6) is 0 Å². The van der Waals surface area contributed by atoms with E-state index >= 15 is 0 Å². The van der Waals surface area contributed by atoms with E-state index < -0.39 is 0 Å². The van der Waals surface area contributed by atoms with Crippen LogP contribution in [0.15, 0.2) is 188 Å². The second-order valence-electron chi connectivity index (χ2n) is 14.9. The van der Waals surface area contributed by atoms with E-state index in [4.69, 9.17) is 0 Å². The Hall–Kier alpha value is -7.36. The molecular weight excluding hydrogens is 667 g/mol. The molecule has 0 N–H and O–H groups in total. The normalized spacial score (nSPS) is 12.4. The number of hydrogen-bond acceptors (Lipinski definition) is 0. The SMILES string of the molecule is c1ccc2c(c1)cc(-n1c3cc(-n4c5ccccc5c5ccccc54)cc4ccc5cc(-n6c7ccccc7c7ccccc76)cc1c5c43)c1ccccc12. The standard InChI is InChI=1S/C52H31N3/c1-2-14-37-32(13-1)29-48(39-16-4-3-15-38(37)39)55-49-30-35(53-44-21-9-5-17-40(44)41-18-6-10-22-45(41)53)27-33-25-26-34-28-36(31-50(55)52(34)51(33)49)54-46-23-11-7-19-42(46)43-20-8-12-24-47(43)54/h1-31H. The Labute approximate surface area is 315 Å². The zero-order valence-electron chi connectivity index (χ0n) is 29.7. The van der Waals surface area contributed by atoms with Gasteiger partial charge in [0.15, 0.2) is 0 Å². The molecule has 0 atom stereocenters. The maximum absolute atomic E-state index is 2.56. The van der Waals surface area contributed by atoms with Gasteiger partial charge in [-0.15, -0.1) is 0 Å². The van der Waals surface area contributed by atoms with Crippen LogP contribution in [0.25, 0.3) is 115 Å². The first-order valence-corrected chi connectivity index (χ1v) is 19.0. The lowest BCUT2D eigenvalue weighted by Crippen LogP contribution is -1.99. The molecule has 0 unspecified atom stereocenters.